The number of hydrogen-bond donors (Lipinski definition) is 2. The minimum atomic E-state index is -0.0580. The van der Waals surface area contributed by atoms with Gasteiger partial charge in [-0.05, 0) is 37.0 Å². The van der Waals surface area contributed by atoms with Crippen LogP contribution >= 0.6 is 0 Å². The molecule has 21 heavy (non-hydrogen) atoms. The first-order valence-corrected chi connectivity index (χ1v) is 7.63. The van der Waals surface area contributed by atoms with Crippen LogP contribution in [0, 0.1) is 12.8 Å². The summed E-state index contributed by atoms with van der Waals surface area (Å²) in [7, 11) is 3.65. The van der Waals surface area contributed by atoms with Crippen LogP contribution in [0.3, 0.4) is 0 Å². The van der Waals surface area contributed by atoms with Crippen molar-refractivity contribution < 1.29 is 4.79 Å². The third-order valence-corrected chi connectivity index (χ3v) is 3.88. The highest BCUT2D eigenvalue weighted by molar-refractivity contribution is 5.78. The smallest absolute Gasteiger partial charge is 0.224 e. The quantitative estimate of drug-likeness (QED) is 0.798. The van der Waals surface area contributed by atoms with E-state index in [1.807, 2.05) is 25.1 Å². The number of rotatable bonds is 7. The zero-order valence-corrected chi connectivity index (χ0v) is 13.4. The van der Waals surface area contributed by atoms with Crippen molar-refractivity contribution >= 4 is 11.7 Å². The van der Waals surface area contributed by atoms with Crippen LogP contribution < -0.4 is 15.5 Å². The molecule has 1 heterocycles. The molecule has 0 saturated heterocycles. The molecule has 1 atom stereocenters. The Bertz CT molecular complexity index is 499. The van der Waals surface area contributed by atoms with E-state index in [1.165, 1.54) is 18.4 Å². The highest BCUT2D eigenvalue weighted by Crippen LogP contribution is 2.21. The van der Waals surface area contributed by atoms with E-state index in [2.05, 4.69) is 28.6 Å². The van der Waals surface area contributed by atoms with Crippen LogP contribution in [0.15, 0.2) is 12.3 Å². The lowest BCUT2D eigenvalue weighted by Crippen LogP contribution is -2.35. The van der Waals surface area contributed by atoms with Gasteiger partial charge in [0.15, 0.2) is 0 Å². The number of carbonyl (C=O) groups excluding carboxylic acids is 1. The summed E-state index contributed by atoms with van der Waals surface area (Å²) in [4.78, 5) is 18.2. The predicted octanol–water partition coefficient (Wildman–Crippen LogP) is 1.46. The van der Waals surface area contributed by atoms with Gasteiger partial charge in [-0.25, -0.2) is 4.98 Å². The van der Waals surface area contributed by atoms with Gasteiger partial charge in [0.1, 0.15) is 5.82 Å². The van der Waals surface area contributed by atoms with E-state index in [-0.39, 0.29) is 11.8 Å². The normalized spacial score (nSPS) is 15.6. The van der Waals surface area contributed by atoms with E-state index in [1.54, 1.807) is 7.05 Å². The van der Waals surface area contributed by atoms with Gasteiger partial charge >= 0.3 is 0 Å². The van der Waals surface area contributed by atoms with Gasteiger partial charge in [-0.15, -0.1) is 0 Å². The van der Waals surface area contributed by atoms with E-state index in [0.717, 1.165) is 17.9 Å². The minimum Gasteiger partial charge on any atom is -0.359 e. The Balaban J connectivity index is 1.96. The van der Waals surface area contributed by atoms with Crippen molar-refractivity contribution in [3.8, 4) is 0 Å². The van der Waals surface area contributed by atoms with Gasteiger partial charge in [0.2, 0.25) is 5.91 Å². The summed E-state index contributed by atoms with van der Waals surface area (Å²) in [5.74, 6) is 0.947. The first-order valence-electron chi connectivity index (χ1n) is 7.63. The van der Waals surface area contributed by atoms with Gasteiger partial charge in [-0.3, -0.25) is 4.79 Å². The van der Waals surface area contributed by atoms with Gasteiger partial charge in [0.05, 0.1) is 5.92 Å². The maximum atomic E-state index is 11.6. The number of pyridine rings is 1. The molecule has 1 amide bonds. The maximum Gasteiger partial charge on any atom is 0.224 e. The number of anilines is 1. The summed E-state index contributed by atoms with van der Waals surface area (Å²) >= 11 is 0. The molecule has 1 aromatic heterocycles. The third-order valence-electron chi connectivity index (χ3n) is 3.88. The van der Waals surface area contributed by atoms with Crippen LogP contribution in [0.1, 0.15) is 30.9 Å². The van der Waals surface area contributed by atoms with E-state index >= 15 is 0 Å². The van der Waals surface area contributed by atoms with Crippen LogP contribution in [0.4, 0.5) is 5.82 Å². The molecule has 1 fully saturated rings. The number of carbonyl (C=O) groups is 1. The SMILES string of the molecule is CNC(=O)C(C)CN(C)c1ncc(CNC2CC2)cc1C. The fraction of sp³-hybridized carbons (Fsp3) is 0.625. The maximum absolute atomic E-state index is 11.6. The second kappa shape index (κ2) is 6.89. The molecule has 1 aliphatic rings. The molecule has 5 heteroatoms. The van der Waals surface area contributed by atoms with Crippen molar-refractivity contribution in [2.75, 3.05) is 25.5 Å². The van der Waals surface area contributed by atoms with Crippen molar-refractivity contribution in [3.63, 3.8) is 0 Å². The van der Waals surface area contributed by atoms with Gasteiger partial charge in [0, 0.05) is 39.4 Å². The zero-order chi connectivity index (χ0) is 15.4. The van der Waals surface area contributed by atoms with Gasteiger partial charge < -0.3 is 15.5 Å². The lowest BCUT2D eigenvalue weighted by molar-refractivity contribution is -0.123. The van der Waals surface area contributed by atoms with Crippen LogP contribution in [0.5, 0.6) is 0 Å². The van der Waals surface area contributed by atoms with Gasteiger partial charge in [-0.2, -0.15) is 0 Å². The van der Waals surface area contributed by atoms with Crippen LogP contribution in [-0.4, -0.2) is 37.6 Å². The molecule has 2 rings (SSSR count). The summed E-state index contributed by atoms with van der Waals surface area (Å²) in [6.07, 6.45) is 4.52. The number of hydrogen-bond acceptors (Lipinski definition) is 4. The molecule has 0 aliphatic heterocycles. The Labute approximate surface area is 127 Å². The average molecular weight is 290 g/mol. The Hall–Kier alpha value is -1.62. The molecule has 5 nitrogen and oxygen atoms in total. The third kappa shape index (κ3) is 4.43. The molecular formula is C16H26N4O. The van der Waals surface area contributed by atoms with Crippen molar-refractivity contribution in [2.24, 2.45) is 5.92 Å². The van der Waals surface area contributed by atoms with Crippen LogP contribution in [-0.2, 0) is 11.3 Å². The number of aryl methyl sites for hydroxylation is 1. The second-order valence-corrected chi connectivity index (χ2v) is 6.04. The molecule has 0 bridgehead atoms. The van der Waals surface area contributed by atoms with E-state index in [9.17, 15) is 4.79 Å². The summed E-state index contributed by atoms with van der Waals surface area (Å²) in [5, 5.41) is 6.18. The monoisotopic (exact) mass is 290 g/mol. The molecule has 1 saturated carbocycles. The molecule has 0 radical (unpaired) electrons. The minimum absolute atomic E-state index is 0.0580. The highest BCUT2D eigenvalue weighted by Gasteiger charge is 2.20. The first-order chi connectivity index (χ1) is 10.0. The fourth-order valence-corrected chi connectivity index (χ4v) is 2.50. The molecule has 0 spiro atoms. The largest absolute Gasteiger partial charge is 0.359 e. The number of nitrogens with zero attached hydrogens (tertiary/aromatic N) is 2. The van der Waals surface area contributed by atoms with E-state index in [4.69, 9.17) is 0 Å². The van der Waals surface area contributed by atoms with Crippen molar-refractivity contribution in [1.82, 2.24) is 15.6 Å². The number of amides is 1. The number of nitrogens with one attached hydrogen (secondary N) is 2. The summed E-state index contributed by atoms with van der Waals surface area (Å²) in [6, 6.07) is 2.89. The standard InChI is InChI=1S/C16H26N4O/c1-11-7-13(8-18-14-5-6-14)9-19-15(11)20(4)10-12(2)16(21)17-3/h7,9,12,14,18H,5-6,8,10H2,1-4H3,(H,17,21). The predicted molar refractivity (Wildman–Crippen MR) is 85.3 cm³/mol. The van der Waals surface area contributed by atoms with E-state index in [0.29, 0.717) is 12.6 Å². The Morgan fingerprint density at radius 2 is 2.24 bits per heavy atom. The molecule has 1 aromatic rings. The van der Waals surface area contributed by atoms with Gasteiger partial charge in [-0.1, -0.05) is 6.92 Å². The van der Waals surface area contributed by atoms with E-state index < -0.39 is 0 Å². The van der Waals surface area contributed by atoms with Crippen molar-refractivity contribution in [2.45, 2.75) is 39.3 Å². The van der Waals surface area contributed by atoms with Crippen LogP contribution in [0.25, 0.3) is 0 Å². The Kier molecular flexibility index (Phi) is 5.17. The van der Waals surface area contributed by atoms with Crippen LogP contribution in [0.2, 0.25) is 0 Å². The molecule has 0 aromatic carbocycles. The Morgan fingerprint density at radius 3 is 2.81 bits per heavy atom. The summed E-state index contributed by atoms with van der Waals surface area (Å²) < 4.78 is 0. The first kappa shape index (κ1) is 15.8. The lowest BCUT2D eigenvalue weighted by Gasteiger charge is -2.23. The topological polar surface area (TPSA) is 57.3 Å². The zero-order valence-electron chi connectivity index (χ0n) is 13.4. The fourth-order valence-electron chi connectivity index (χ4n) is 2.50. The summed E-state index contributed by atoms with van der Waals surface area (Å²) in [5.41, 5.74) is 2.37. The Morgan fingerprint density at radius 1 is 1.52 bits per heavy atom. The van der Waals surface area contributed by atoms with Gasteiger partial charge in [0.25, 0.3) is 0 Å². The lowest BCUT2D eigenvalue weighted by atomic mass is 10.1. The average Bonchev–Trinajstić information content (AvgIpc) is 3.28. The molecule has 2 N–H and O–H groups in total. The molecule has 1 aliphatic carbocycles. The molecular weight excluding hydrogens is 264 g/mol. The highest BCUT2D eigenvalue weighted by atomic mass is 16.1. The van der Waals surface area contributed by atoms with Crippen molar-refractivity contribution in [3.05, 3.63) is 23.4 Å². The molecule has 1 unspecified atom stereocenters. The second-order valence-electron chi connectivity index (χ2n) is 6.04. The summed E-state index contributed by atoms with van der Waals surface area (Å²) in [6.45, 7) is 5.55. The number of aromatic nitrogens is 1. The van der Waals surface area contributed by atoms with Crippen molar-refractivity contribution in [1.29, 1.82) is 0 Å². The molecule has 116 valence electrons.